The van der Waals surface area contributed by atoms with Gasteiger partial charge in [-0.2, -0.15) is 0 Å². The van der Waals surface area contributed by atoms with Gasteiger partial charge in [0.2, 0.25) is 11.8 Å². The van der Waals surface area contributed by atoms with E-state index in [1.807, 2.05) is 37.3 Å². The summed E-state index contributed by atoms with van der Waals surface area (Å²) in [5, 5.41) is 6.34. The maximum Gasteiger partial charge on any atom is 0.249 e. The van der Waals surface area contributed by atoms with Crippen LogP contribution in [0.25, 0.3) is 0 Å². The number of carbonyl (C=O) groups is 2. The molecule has 2 aliphatic heterocycles. The fraction of sp³-hybridized carbons (Fsp3) is 0.556. The van der Waals surface area contributed by atoms with Gasteiger partial charge in [0.15, 0.2) is 0 Å². The van der Waals surface area contributed by atoms with Crippen LogP contribution in [0.5, 0.6) is 0 Å². The van der Waals surface area contributed by atoms with Gasteiger partial charge in [-0.05, 0) is 51.8 Å². The van der Waals surface area contributed by atoms with Crippen molar-refractivity contribution in [1.82, 2.24) is 10.6 Å². The van der Waals surface area contributed by atoms with Crippen LogP contribution < -0.4 is 15.5 Å². The second kappa shape index (κ2) is 7.99. The molecule has 2 unspecified atom stereocenters. The van der Waals surface area contributed by atoms with E-state index in [0.29, 0.717) is 12.5 Å². The first-order chi connectivity index (χ1) is 11.1. The number of halogens is 1. The number of para-hydroxylation sites is 1. The van der Waals surface area contributed by atoms with Gasteiger partial charge in [-0.15, -0.1) is 12.4 Å². The molecule has 1 aromatic rings. The van der Waals surface area contributed by atoms with Crippen LogP contribution >= 0.6 is 12.4 Å². The molecule has 2 aliphatic rings. The van der Waals surface area contributed by atoms with Gasteiger partial charge in [-0.3, -0.25) is 9.59 Å². The largest absolute Gasteiger partial charge is 0.344 e. The number of amides is 2. The molecule has 0 spiro atoms. The fourth-order valence-corrected chi connectivity index (χ4v) is 3.68. The molecule has 0 radical (unpaired) electrons. The molecule has 132 valence electrons. The summed E-state index contributed by atoms with van der Waals surface area (Å²) in [7, 11) is 0. The molecule has 3 rings (SSSR count). The Balaban J connectivity index is 0.00000208. The summed E-state index contributed by atoms with van der Waals surface area (Å²) in [6.45, 7) is 4.99. The predicted octanol–water partition coefficient (Wildman–Crippen LogP) is 2.11. The first-order valence-electron chi connectivity index (χ1n) is 8.48. The minimum atomic E-state index is -0.400. The highest BCUT2D eigenvalue weighted by molar-refractivity contribution is 6.02. The summed E-state index contributed by atoms with van der Waals surface area (Å²) in [4.78, 5) is 27.0. The third-order valence-electron chi connectivity index (χ3n) is 4.90. The van der Waals surface area contributed by atoms with E-state index in [0.717, 1.165) is 25.1 Å². The van der Waals surface area contributed by atoms with E-state index in [-0.39, 0.29) is 36.2 Å². The number of nitrogens with one attached hydrogen (secondary N) is 2. The Morgan fingerprint density at radius 2 is 1.92 bits per heavy atom. The molecule has 6 heteroatoms. The van der Waals surface area contributed by atoms with Gasteiger partial charge in [-0.1, -0.05) is 18.2 Å². The zero-order valence-corrected chi connectivity index (χ0v) is 15.0. The molecule has 24 heavy (non-hydrogen) atoms. The van der Waals surface area contributed by atoms with E-state index in [2.05, 4.69) is 17.6 Å². The summed E-state index contributed by atoms with van der Waals surface area (Å²) < 4.78 is 0. The third kappa shape index (κ3) is 3.90. The minimum absolute atomic E-state index is 0. The molecule has 1 aromatic carbocycles. The Bertz CT molecular complexity index is 581. The number of rotatable bonds is 3. The molecule has 2 saturated heterocycles. The van der Waals surface area contributed by atoms with Gasteiger partial charge in [0.1, 0.15) is 6.04 Å². The Labute approximate surface area is 149 Å². The second-order valence-corrected chi connectivity index (χ2v) is 6.77. The van der Waals surface area contributed by atoms with Crippen LogP contribution in [0.2, 0.25) is 0 Å². The molecule has 4 atom stereocenters. The number of benzene rings is 1. The molecule has 5 nitrogen and oxygen atoms in total. The van der Waals surface area contributed by atoms with Crippen LogP contribution in [0, 0.1) is 5.92 Å². The maximum atomic E-state index is 12.7. The van der Waals surface area contributed by atoms with Crippen molar-refractivity contribution in [3.63, 3.8) is 0 Å². The molecule has 0 saturated carbocycles. The standard InChI is InChI=1S/C18H25N3O2.ClH/c1-12-10-14(8-9-19-12)17(22)20-16-11-13(2)21(18(16)23)15-6-4-3-5-7-15;/h3-7,12-14,16,19H,8-11H2,1-2H3,(H,20,22);1H/t12-,13?,14-,16?;/m0./s1. The quantitative estimate of drug-likeness (QED) is 0.876. The molecule has 0 aliphatic carbocycles. The summed E-state index contributed by atoms with van der Waals surface area (Å²) in [6, 6.07) is 9.73. The second-order valence-electron chi connectivity index (χ2n) is 6.77. The lowest BCUT2D eigenvalue weighted by Gasteiger charge is -2.28. The molecule has 2 fully saturated rings. The summed E-state index contributed by atoms with van der Waals surface area (Å²) in [5.41, 5.74) is 0.900. The highest BCUT2D eigenvalue weighted by Gasteiger charge is 2.39. The van der Waals surface area contributed by atoms with Crippen molar-refractivity contribution in [2.45, 2.75) is 51.2 Å². The van der Waals surface area contributed by atoms with Gasteiger partial charge in [0.25, 0.3) is 0 Å². The number of hydrogen-bond donors (Lipinski definition) is 2. The number of nitrogens with zero attached hydrogens (tertiary/aromatic N) is 1. The van der Waals surface area contributed by atoms with Gasteiger partial charge < -0.3 is 15.5 Å². The third-order valence-corrected chi connectivity index (χ3v) is 4.90. The zero-order valence-electron chi connectivity index (χ0n) is 14.2. The SMILES string of the molecule is CC1CC(NC(=O)[C@H]2CCN[C@@H](C)C2)C(=O)N1c1ccccc1.Cl. The van der Waals surface area contributed by atoms with Crippen LogP contribution in [0.3, 0.4) is 0 Å². The van der Waals surface area contributed by atoms with Gasteiger partial charge >= 0.3 is 0 Å². The van der Waals surface area contributed by atoms with Crippen molar-refractivity contribution < 1.29 is 9.59 Å². The van der Waals surface area contributed by atoms with Crippen LogP contribution in [0.15, 0.2) is 30.3 Å². The average Bonchev–Trinajstić information content (AvgIpc) is 2.82. The number of hydrogen-bond acceptors (Lipinski definition) is 3. The Hall–Kier alpha value is -1.59. The monoisotopic (exact) mass is 351 g/mol. The van der Waals surface area contributed by atoms with Crippen molar-refractivity contribution in [1.29, 1.82) is 0 Å². The van der Waals surface area contributed by atoms with E-state index in [4.69, 9.17) is 0 Å². The van der Waals surface area contributed by atoms with Gasteiger partial charge in [-0.25, -0.2) is 0 Å². The smallest absolute Gasteiger partial charge is 0.249 e. The van der Waals surface area contributed by atoms with Crippen molar-refractivity contribution in [2.75, 3.05) is 11.4 Å². The van der Waals surface area contributed by atoms with E-state index in [1.54, 1.807) is 4.90 Å². The van der Waals surface area contributed by atoms with Crippen LogP contribution in [0.4, 0.5) is 5.69 Å². The van der Waals surface area contributed by atoms with Gasteiger partial charge in [0, 0.05) is 23.7 Å². The van der Waals surface area contributed by atoms with Crippen LogP contribution in [0.1, 0.15) is 33.1 Å². The lowest BCUT2D eigenvalue weighted by molar-refractivity contribution is -0.130. The summed E-state index contributed by atoms with van der Waals surface area (Å²) in [5.74, 6) is 0.0398. The zero-order chi connectivity index (χ0) is 16.4. The van der Waals surface area contributed by atoms with Crippen LogP contribution in [-0.4, -0.2) is 36.5 Å². The van der Waals surface area contributed by atoms with E-state index < -0.39 is 6.04 Å². The number of piperidine rings is 1. The van der Waals surface area contributed by atoms with Gasteiger partial charge in [0.05, 0.1) is 0 Å². The summed E-state index contributed by atoms with van der Waals surface area (Å²) in [6.07, 6.45) is 2.35. The number of carbonyl (C=O) groups excluding carboxylic acids is 2. The molecule has 2 heterocycles. The highest BCUT2D eigenvalue weighted by atomic mass is 35.5. The van der Waals surface area contributed by atoms with Crippen LogP contribution in [-0.2, 0) is 9.59 Å². The van der Waals surface area contributed by atoms with E-state index in [9.17, 15) is 9.59 Å². The highest BCUT2D eigenvalue weighted by Crippen LogP contribution is 2.27. The lowest BCUT2D eigenvalue weighted by atomic mass is 9.92. The lowest BCUT2D eigenvalue weighted by Crippen LogP contribution is -2.47. The molecule has 2 N–H and O–H groups in total. The van der Waals surface area contributed by atoms with Crippen molar-refractivity contribution in [3.05, 3.63) is 30.3 Å². The Morgan fingerprint density at radius 1 is 1.21 bits per heavy atom. The molecule has 2 amide bonds. The molecule has 0 aromatic heterocycles. The van der Waals surface area contributed by atoms with Crippen molar-refractivity contribution in [3.8, 4) is 0 Å². The maximum absolute atomic E-state index is 12.7. The topological polar surface area (TPSA) is 61.4 Å². The Morgan fingerprint density at radius 3 is 2.58 bits per heavy atom. The first-order valence-corrected chi connectivity index (χ1v) is 8.48. The van der Waals surface area contributed by atoms with E-state index >= 15 is 0 Å². The molecule has 0 bridgehead atoms. The Kier molecular flexibility index (Phi) is 6.24. The average molecular weight is 352 g/mol. The minimum Gasteiger partial charge on any atom is -0.344 e. The number of anilines is 1. The first kappa shape index (κ1) is 18.7. The van der Waals surface area contributed by atoms with Crippen molar-refractivity contribution in [2.24, 2.45) is 5.92 Å². The predicted molar refractivity (Wildman–Crippen MR) is 97.4 cm³/mol. The summed E-state index contributed by atoms with van der Waals surface area (Å²) >= 11 is 0. The molecular formula is C18H26ClN3O2. The normalized spacial score (nSPS) is 29.9. The van der Waals surface area contributed by atoms with Crippen molar-refractivity contribution >= 4 is 29.9 Å². The molecular weight excluding hydrogens is 326 g/mol. The van der Waals surface area contributed by atoms with E-state index in [1.165, 1.54) is 0 Å². The fourth-order valence-electron chi connectivity index (χ4n) is 3.68.